The molecule has 0 atom stereocenters. The van der Waals surface area contributed by atoms with Crippen molar-refractivity contribution in [2.24, 2.45) is 0 Å². The molecule has 0 aliphatic carbocycles. The molecule has 4 aromatic rings. The lowest BCUT2D eigenvalue weighted by Gasteiger charge is -2.11. The summed E-state index contributed by atoms with van der Waals surface area (Å²) in [7, 11) is -3.67. The highest BCUT2D eigenvalue weighted by atomic mass is 32.2. The highest BCUT2D eigenvalue weighted by Gasteiger charge is 2.17. The summed E-state index contributed by atoms with van der Waals surface area (Å²) in [6.07, 6.45) is 3.49. The highest BCUT2D eigenvalue weighted by molar-refractivity contribution is 7.92. The third-order valence-electron chi connectivity index (χ3n) is 3.88. The van der Waals surface area contributed by atoms with E-state index in [1.54, 1.807) is 54.9 Å². The van der Waals surface area contributed by atoms with E-state index in [4.69, 9.17) is 0 Å². The number of anilines is 1. The average molecular weight is 393 g/mol. The molecular weight excluding hydrogens is 378 g/mol. The van der Waals surface area contributed by atoms with Gasteiger partial charge in [0.2, 0.25) is 0 Å². The van der Waals surface area contributed by atoms with Crippen molar-refractivity contribution in [3.8, 4) is 21.1 Å². The number of rotatable bonds is 5. The van der Waals surface area contributed by atoms with Gasteiger partial charge in [0.05, 0.1) is 21.2 Å². The van der Waals surface area contributed by atoms with Crippen LogP contribution < -0.4 is 4.72 Å². The molecule has 0 spiro atoms. The molecule has 0 saturated heterocycles. The Kier molecular flexibility index (Phi) is 4.70. The molecule has 134 valence electrons. The van der Waals surface area contributed by atoms with E-state index >= 15 is 0 Å². The van der Waals surface area contributed by atoms with Crippen LogP contribution in [0.15, 0.2) is 90.1 Å². The number of benzene rings is 2. The van der Waals surface area contributed by atoms with Crippen LogP contribution in [-0.4, -0.2) is 18.4 Å². The van der Waals surface area contributed by atoms with Crippen molar-refractivity contribution >= 4 is 27.0 Å². The van der Waals surface area contributed by atoms with E-state index in [1.165, 1.54) is 11.3 Å². The summed E-state index contributed by atoms with van der Waals surface area (Å²) < 4.78 is 28.0. The molecule has 2 aromatic carbocycles. The normalized spacial score (nSPS) is 11.3. The molecule has 0 radical (unpaired) electrons. The van der Waals surface area contributed by atoms with Crippen LogP contribution in [-0.2, 0) is 10.0 Å². The van der Waals surface area contributed by atoms with Crippen LogP contribution in [0, 0.1) is 0 Å². The Morgan fingerprint density at radius 2 is 1.56 bits per heavy atom. The third kappa shape index (κ3) is 3.74. The average Bonchev–Trinajstić information content (AvgIpc) is 3.20. The fourth-order valence-corrected chi connectivity index (χ4v) is 4.62. The van der Waals surface area contributed by atoms with E-state index in [1.807, 2.05) is 30.3 Å². The quantitative estimate of drug-likeness (QED) is 0.535. The largest absolute Gasteiger partial charge is 0.279 e. The molecule has 0 aliphatic rings. The van der Waals surface area contributed by atoms with Gasteiger partial charge in [-0.1, -0.05) is 36.4 Å². The molecule has 1 N–H and O–H groups in total. The number of pyridine rings is 1. The maximum atomic E-state index is 12.7. The van der Waals surface area contributed by atoms with Gasteiger partial charge in [-0.25, -0.2) is 13.4 Å². The summed E-state index contributed by atoms with van der Waals surface area (Å²) in [4.78, 5) is 9.94. The van der Waals surface area contributed by atoms with Crippen molar-refractivity contribution in [3.05, 3.63) is 85.2 Å². The van der Waals surface area contributed by atoms with Crippen LogP contribution in [0.25, 0.3) is 21.1 Å². The first kappa shape index (κ1) is 17.4. The van der Waals surface area contributed by atoms with Crippen LogP contribution in [0.1, 0.15) is 0 Å². The Morgan fingerprint density at radius 1 is 0.815 bits per heavy atom. The SMILES string of the molecule is O=S(=O)(Nc1ccccc1-c1ncc(-c2ccccn2)s1)c1ccccc1. The zero-order valence-corrected chi connectivity index (χ0v) is 15.7. The Morgan fingerprint density at radius 3 is 2.33 bits per heavy atom. The van der Waals surface area contributed by atoms with Crippen LogP contribution in [0.2, 0.25) is 0 Å². The van der Waals surface area contributed by atoms with Gasteiger partial charge in [0, 0.05) is 18.0 Å². The molecule has 2 aromatic heterocycles. The van der Waals surface area contributed by atoms with Crippen molar-refractivity contribution in [1.29, 1.82) is 0 Å². The predicted molar refractivity (Wildman–Crippen MR) is 108 cm³/mol. The number of nitrogens with zero attached hydrogens (tertiary/aromatic N) is 2. The maximum absolute atomic E-state index is 12.7. The Labute approximate surface area is 161 Å². The lowest BCUT2D eigenvalue weighted by molar-refractivity contribution is 0.601. The lowest BCUT2D eigenvalue weighted by atomic mass is 10.2. The molecule has 0 saturated carbocycles. The topological polar surface area (TPSA) is 72.0 Å². The van der Waals surface area contributed by atoms with Gasteiger partial charge >= 0.3 is 0 Å². The molecule has 5 nitrogen and oxygen atoms in total. The Hall–Kier alpha value is -3.03. The number of para-hydroxylation sites is 1. The van der Waals surface area contributed by atoms with Crippen LogP contribution >= 0.6 is 11.3 Å². The van der Waals surface area contributed by atoms with Crippen LogP contribution in [0.5, 0.6) is 0 Å². The molecule has 0 amide bonds. The molecule has 27 heavy (non-hydrogen) atoms. The zero-order valence-electron chi connectivity index (χ0n) is 14.1. The van der Waals surface area contributed by atoms with Crippen molar-refractivity contribution in [2.45, 2.75) is 4.90 Å². The van der Waals surface area contributed by atoms with E-state index in [0.29, 0.717) is 5.69 Å². The fraction of sp³-hybridized carbons (Fsp3) is 0. The van der Waals surface area contributed by atoms with Crippen molar-refractivity contribution in [3.63, 3.8) is 0 Å². The van der Waals surface area contributed by atoms with Gasteiger partial charge in [-0.05, 0) is 36.4 Å². The molecule has 7 heteroatoms. The summed E-state index contributed by atoms with van der Waals surface area (Å²) in [5.74, 6) is 0. The van der Waals surface area contributed by atoms with E-state index < -0.39 is 10.0 Å². The van der Waals surface area contributed by atoms with Gasteiger partial charge in [0.1, 0.15) is 5.01 Å². The van der Waals surface area contributed by atoms with Gasteiger partial charge in [-0.3, -0.25) is 9.71 Å². The number of aromatic nitrogens is 2. The second-order valence-corrected chi connectivity index (χ2v) is 8.42. The Bertz CT molecular complexity index is 1160. The third-order valence-corrected chi connectivity index (χ3v) is 6.31. The smallest absolute Gasteiger partial charge is 0.261 e. The first-order valence-corrected chi connectivity index (χ1v) is 10.5. The summed E-state index contributed by atoms with van der Waals surface area (Å²) in [6, 6.07) is 21.2. The Balaban J connectivity index is 1.70. The zero-order chi connectivity index (χ0) is 18.7. The minimum atomic E-state index is -3.67. The summed E-state index contributed by atoms with van der Waals surface area (Å²) in [5, 5.41) is 0.724. The van der Waals surface area contributed by atoms with Crippen molar-refractivity contribution in [2.75, 3.05) is 4.72 Å². The van der Waals surface area contributed by atoms with Gasteiger partial charge < -0.3 is 0 Å². The summed E-state index contributed by atoms with van der Waals surface area (Å²) >= 11 is 1.47. The standard InChI is InChI=1S/C20H15N3O2S2/c24-27(25,15-8-2-1-3-9-15)23-17-11-5-4-10-16(17)20-22-14-19(26-20)18-12-6-7-13-21-18/h1-14,23H. The number of thiazole rings is 1. The number of nitrogens with one attached hydrogen (secondary N) is 1. The summed E-state index contributed by atoms with van der Waals surface area (Å²) in [6.45, 7) is 0. The van der Waals surface area contributed by atoms with Gasteiger partial charge in [-0.15, -0.1) is 11.3 Å². The van der Waals surface area contributed by atoms with Gasteiger partial charge in [0.15, 0.2) is 0 Å². The second-order valence-electron chi connectivity index (χ2n) is 5.71. The lowest BCUT2D eigenvalue weighted by Crippen LogP contribution is -2.13. The first-order chi connectivity index (χ1) is 13.1. The molecule has 4 rings (SSSR count). The van der Waals surface area contributed by atoms with Gasteiger partial charge in [-0.2, -0.15) is 0 Å². The summed E-state index contributed by atoms with van der Waals surface area (Å²) in [5.41, 5.74) is 2.05. The van der Waals surface area contributed by atoms with E-state index in [-0.39, 0.29) is 4.90 Å². The minimum Gasteiger partial charge on any atom is -0.279 e. The molecule has 0 unspecified atom stereocenters. The highest BCUT2D eigenvalue weighted by Crippen LogP contribution is 2.35. The van der Waals surface area contributed by atoms with E-state index in [9.17, 15) is 8.42 Å². The second kappa shape index (κ2) is 7.30. The molecule has 0 aliphatic heterocycles. The maximum Gasteiger partial charge on any atom is 0.261 e. The van der Waals surface area contributed by atoms with Crippen molar-refractivity contribution < 1.29 is 8.42 Å². The van der Waals surface area contributed by atoms with Crippen LogP contribution in [0.3, 0.4) is 0 Å². The fourth-order valence-electron chi connectivity index (χ4n) is 2.59. The van der Waals surface area contributed by atoms with Crippen molar-refractivity contribution in [1.82, 2.24) is 9.97 Å². The number of hydrogen-bond acceptors (Lipinski definition) is 5. The van der Waals surface area contributed by atoms with E-state index in [0.717, 1.165) is 21.1 Å². The number of hydrogen-bond donors (Lipinski definition) is 1. The molecule has 0 fully saturated rings. The molecular formula is C20H15N3O2S2. The molecule has 0 bridgehead atoms. The molecule has 2 heterocycles. The van der Waals surface area contributed by atoms with E-state index in [2.05, 4.69) is 14.7 Å². The predicted octanol–water partition coefficient (Wildman–Crippen LogP) is 4.67. The van der Waals surface area contributed by atoms with Crippen LogP contribution in [0.4, 0.5) is 5.69 Å². The number of sulfonamides is 1. The van der Waals surface area contributed by atoms with Gasteiger partial charge in [0.25, 0.3) is 10.0 Å². The first-order valence-electron chi connectivity index (χ1n) is 8.18. The monoisotopic (exact) mass is 393 g/mol. The minimum absolute atomic E-state index is 0.216.